The van der Waals surface area contributed by atoms with E-state index in [1.54, 1.807) is 43.3 Å². The van der Waals surface area contributed by atoms with Crippen LogP contribution in [-0.4, -0.2) is 38.4 Å². The van der Waals surface area contributed by atoms with Gasteiger partial charge in [-0.15, -0.1) is 0 Å². The number of nitrogens with one attached hydrogen (secondary N) is 1. The Kier molecular flexibility index (Phi) is 5.23. The van der Waals surface area contributed by atoms with Gasteiger partial charge < -0.3 is 14.1 Å². The van der Waals surface area contributed by atoms with E-state index in [2.05, 4.69) is 5.32 Å². The normalized spacial score (nSPS) is 15.4. The van der Waals surface area contributed by atoms with Crippen LogP contribution in [0.5, 0.6) is 0 Å². The van der Waals surface area contributed by atoms with Gasteiger partial charge in [-0.2, -0.15) is 0 Å². The van der Waals surface area contributed by atoms with Crippen LogP contribution in [0.15, 0.2) is 58.7 Å². The van der Waals surface area contributed by atoms with Gasteiger partial charge in [-0.3, -0.25) is 19.8 Å². The highest BCUT2D eigenvalue weighted by molar-refractivity contribution is 6.31. The number of urea groups is 1. The van der Waals surface area contributed by atoms with Gasteiger partial charge in [0.05, 0.1) is 18.4 Å². The van der Waals surface area contributed by atoms with Crippen LogP contribution in [0.25, 0.3) is 11.8 Å². The molecule has 162 valence electrons. The van der Waals surface area contributed by atoms with Crippen LogP contribution in [0, 0.1) is 13.8 Å². The van der Waals surface area contributed by atoms with Gasteiger partial charge in [0.1, 0.15) is 11.3 Å². The van der Waals surface area contributed by atoms with Crippen LogP contribution in [0.1, 0.15) is 33.1 Å². The number of carboxylic acid groups (broad SMARTS) is 1. The maximum Gasteiger partial charge on any atom is 0.335 e. The number of nitrogens with zero attached hydrogens (tertiary/aromatic N) is 2. The molecule has 9 nitrogen and oxygen atoms in total. The molecule has 1 aliphatic rings. The van der Waals surface area contributed by atoms with Crippen molar-refractivity contribution < 1.29 is 28.7 Å². The van der Waals surface area contributed by atoms with Crippen molar-refractivity contribution in [2.75, 3.05) is 0 Å². The Labute approximate surface area is 182 Å². The van der Waals surface area contributed by atoms with Gasteiger partial charge in [-0.25, -0.2) is 9.59 Å². The fourth-order valence-electron chi connectivity index (χ4n) is 3.66. The number of rotatable bonds is 5. The van der Waals surface area contributed by atoms with Crippen LogP contribution in [0.3, 0.4) is 0 Å². The molecule has 0 atom stereocenters. The Bertz CT molecular complexity index is 1280. The van der Waals surface area contributed by atoms with Crippen molar-refractivity contribution in [3.05, 3.63) is 82.6 Å². The second kappa shape index (κ2) is 8.03. The molecule has 0 aliphatic carbocycles. The Morgan fingerprint density at radius 2 is 1.91 bits per heavy atom. The third-order valence-electron chi connectivity index (χ3n) is 5.20. The van der Waals surface area contributed by atoms with Gasteiger partial charge in [-0.05, 0) is 61.9 Å². The summed E-state index contributed by atoms with van der Waals surface area (Å²) in [5.74, 6) is -2.15. The predicted molar refractivity (Wildman–Crippen MR) is 113 cm³/mol. The number of carbonyl (C=O) groups is 4. The maximum atomic E-state index is 12.9. The van der Waals surface area contributed by atoms with Crippen molar-refractivity contribution in [2.45, 2.75) is 20.4 Å². The third kappa shape index (κ3) is 3.71. The monoisotopic (exact) mass is 433 g/mol. The Balaban J connectivity index is 1.71. The summed E-state index contributed by atoms with van der Waals surface area (Å²) in [5, 5.41) is 11.5. The number of benzene rings is 1. The zero-order chi connectivity index (χ0) is 23.0. The minimum Gasteiger partial charge on any atom is -0.478 e. The molecule has 1 aromatic carbocycles. The number of hydrogen-bond acceptors (Lipinski definition) is 5. The fraction of sp³-hybridized carbons (Fsp3) is 0.130. The average molecular weight is 433 g/mol. The summed E-state index contributed by atoms with van der Waals surface area (Å²) in [5.41, 5.74) is 2.67. The van der Waals surface area contributed by atoms with Crippen molar-refractivity contribution >= 4 is 29.9 Å². The average Bonchev–Trinajstić information content (AvgIpc) is 3.36. The Hall–Kier alpha value is -4.40. The number of aromatic nitrogens is 1. The second-order valence-electron chi connectivity index (χ2n) is 7.31. The lowest BCUT2D eigenvalue weighted by atomic mass is 10.1. The number of amides is 4. The zero-order valence-corrected chi connectivity index (χ0v) is 17.3. The standard InChI is InChI=1S/C23H19N3O6/c1-13-9-16(14(2)26(13)17-6-3-5-15(10-17)22(29)30)11-19-20(27)24-23(31)25(21(19)28)12-18-7-4-8-32-18/h3-11H,12H2,1-2H3,(H,29,30)(H,24,27,31)/b19-11-. The summed E-state index contributed by atoms with van der Waals surface area (Å²) in [6.07, 6.45) is 2.86. The fourth-order valence-corrected chi connectivity index (χ4v) is 3.66. The third-order valence-corrected chi connectivity index (χ3v) is 5.20. The Morgan fingerprint density at radius 1 is 1.12 bits per heavy atom. The number of barbiturate groups is 1. The molecule has 4 rings (SSSR count). The molecule has 1 fully saturated rings. The van der Waals surface area contributed by atoms with Crippen LogP contribution in [-0.2, 0) is 16.1 Å². The number of furan rings is 1. The van der Waals surface area contributed by atoms with Crippen molar-refractivity contribution in [3.63, 3.8) is 0 Å². The van der Waals surface area contributed by atoms with Crippen molar-refractivity contribution in [3.8, 4) is 5.69 Å². The summed E-state index contributed by atoms with van der Waals surface area (Å²) in [4.78, 5) is 49.8. The van der Waals surface area contributed by atoms with E-state index >= 15 is 0 Å². The molecule has 1 saturated heterocycles. The first-order chi connectivity index (χ1) is 15.3. The highest BCUT2D eigenvalue weighted by atomic mass is 16.4. The number of aromatic carboxylic acids is 1. The summed E-state index contributed by atoms with van der Waals surface area (Å²) < 4.78 is 7.03. The van der Waals surface area contributed by atoms with E-state index in [0.717, 1.165) is 10.6 Å². The van der Waals surface area contributed by atoms with Gasteiger partial charge >= 0.3 is 12.0 Å². The van der Waals surface area contributed by atoms with Gasteiger partial charge in [0.15, 0.2) is 0 Å². The smallest absolute Gasteiger partial charge is 0.335 e. The quantitative estimate of drug-likeness (QED) is 0.471. The van der Waals surface area contributed by atoms with Crippen LogP contribution < -0.4 is 5.32 Å². The number of hydrogen-bond donors (Lipinski definition) is 2. The molecule has 32 heavy (non-hydrogen) atoms. The lowest BCUT2D eigenvalue weighted by Gasteiger charge is -2.25. The minimum absolute atomic E-state index is 0.108. The van der Waals surface area contributed by atoms with Crippen molar-refractivity contribution in [1.82, 2.24) is 14.8 Å². The van der Waals surface area contributed by atoms with E-state index in [1.807, 2.05) is 11.5 Å². The lowest BCUT2D eigenvalue weighted by Crippen LogP contribution is -2.53. The van der Waals surface area contributed by atoms with Crippen molar-refractivity contribution in [2.24, 2.45) is 0 Å². The molecular weight excluding hydrogens is 414 g/mol. The first-order valence-electron chi connectivity index (χ1n) is 9.70. The predicted octanol–water partition coefficient (Wildman–Crippen LogP) is 3.05. The van der Waals surface area contributed by atoms with Gasteiger partial charge in [0.25, 0.3) is 11.8 Å². The summed E-state index contributed by atoms with van der Waals surface area (Å²) in [6.45, 7) is 3.52. The molecule has 0 saturated carbocycles. The molecule has 3 aromatic rings. The number of carboxylic acids is 1. The first kappa shape index (κ1) is 20.9. The highest BCUT2D eigenvalue weighted by Gasteiger charge is 2.36. The number of aryl methyl sites for hydroxylation is 1. The molecule has 2 N–H and O–H groups in total. The molecule has 0 bridgehead atoms. The summed E-state index contributed by atoms with van der Waals surface area (Å²) >= 11 is 0. The second-order valence-corrected chi connectivity index (χ2v) is 7.31. The molecule has 2 aromatic heterocycles. The molecular formula is C23H19N3O6. The van der Waals surface area contributed by atoms with E-state index in [4.69, 9.17) is 4.42 Å². The van der Waals surface area contributed by atoms with E-state index < -0.39 is 23.8 Å². The largest absolute Gasteiger partial charge is 0.478 e. The van der Waals surface area contributed by atoms with Crippen LogP contribution in [0.4, 0.5) is 4.79 Å². The SMILES string of the molecule is Cc1cc(/C=C2/C(=O)NC(=O)N(Cc3ccco3)C2=O)c(C)n1-c1cccc(C(=O)O)c1. The Morgan fingerprint density at radius 3 is 2.59 bits per heavy atom. The highest BCUT2D eigenvalue weighted by Crippen LogP contribution is 2.25. The minimum atomic E-state index is -1.04. The van der Waals surface area contributed by atoms with E-state index in [9.17, 15) is 24.3 Å². The molecule has 0 spiro atoms. The topological polar surface area (TPSA) is 122 Å². The lowest BCUT2D eigenvalue weighted by molar-refractivity contribution is -0.130. The molecule has 9 heteroatoms. The van der Waals surface area contributed by atoms with Crippen LogP contribution in [0.2, 0.25) is 0 Å². The number of carbonyl (C=O) groups excluding carboxylic acids is 3. The van der Waals surface area contributed by atoms with Crippen molar-refractivity contribution in [1.29, 1.82) is 0 Å². The van der Waals surface area contributed by atoms with Gasteiger partial charge in [0.2, 0.25) is 0 Å². The molecule has 0 unspecified atom stereocenters. The zero-order valence-electron chi connectivity index (χ0n) is 17.3. The van der Waals surface area contributed by atoms with Crippen LogP contribution >= 0.6 is 0 Å². The van der Waals surface area contributed by atoms with E-state index in [0.29, 0.717) is 22.7 Å². The maximum absolute atomic E-state index is 12.9. The number of imide groups is 2. The van der Waals surface area contributed by atoms with Gasteiger partial charge in [-0.1, -0.05) is 6.07 Å². The molecule has 1 aliphatic heterocycles. The van der Waals surface area contributed by atoms with E-state index in [-0.39, 0.29) is 17.7 Å². The first-order valence-corrected chi connectivity index (χ1v) is 9.70. The van der Waals surface area contributed by atoms with Gasteiger partial charge in [0, 0.05) is 17.1 Å². The summed E-state index contributed by atoms with van der Waals surface area (Å²) in [6, 6.07) is 10.7. The molecule has 3 heterocycles. The summed E-state index contributed by atoms with van der Waals surface area (Å²) in [7, 11) is 0. The van der Waals surface area contributed by atoms with E-state index in [1.165, 1.54) is 18.4 Å². The molecule has 4 amide bonds. The molecule has 0 radical (unpaired) electrons.